The number of hydrogen-bond acceptors (Lipinski definition) is 2. The minimum absolute atomic E-state index is 0.501. The van der Waals surface area contributed by atoms with Crippen molar-refractivity contribution in [2.75, 3.05) is 13.7 Å². The number of benzene rings is 2. The quantitative estimate of drug-likeness (QED) is 0.880. The van der Waals surface area contributed by atoms with Crippen LogP contribution < -0.4 is 10.1 Å². The predicted octanol–water partition coefficient (Wildman–Crippen LogP) is 4.16. The van der Waals surface area contributed by atoms with E-state index in [1.165, 1.54) is 22.8 Å². The highest BCUT2D eigenvalue weighted by Crippen LogP contribution is 2.47. The van der Waals surface area contributed by atoms with Gasteiger partial charge in [0.1, 0.15) is 5.75 Å². The van der Waals surface area contributed by atoms with Crippen molar-refractivity contribution in [3.05, 3.63) is 42.0 Å². The van der Waals surface area contributed by atoms with E-state index in [4.69, 9.17) is 4.74 Å². The molecule has 0 bridgehead atoms. The first-order chi connectivity index (χ1) is 9.72. The molecule has 1 aliphatic carbocycles. The Bertz CT molecular complexity index is 607. The zero-order valence-electron chi connectivity index (χ0n) is 12.5. The number of ether oxygens (including phenoxy) is 1. The Morgan fingerprint density at radius 3 is 2.55 bits per heavy atom. The fraction of sp³-hybridized carbons (Fsp3) is 0.444. The highest BCUT2D eigenvalue weighted by atomic mass is 16.5. The van der Waals surface area contributed by atoms with Gasteiger partial charge in [-0.1, -0.05) is 32.0 Å². The summed E-state index contributed by atoms with van der Waals surface area (Å²) >= 11 is 0. The summed E-state index contributed by atoms with van der Waals surface area (Å²) in [7, 11) is 1.71. The molecule has 1 aliphatic rings. The van der Waals surface area contributed by atoms with Gasteiger partial charge in [-0.3, -0.25) is 0 Å². The fourth-order valence-corrected chi connectivity index (χ4v) is 3.11. The molecular weight excluding hydrogens is 246 g/mol. The molecule has 3 unspecified atom stereocenters. The second-order valence-electron chi connectivity index (χ2n) is 5.88. The molecule has 0 heterocycles. The van der Waals surface area contributed by atoms with Crippen LogP contribution in [0.15, 0.2) is 36.4 Å². The lowest BCUT2D eigenvalue weighted by atomic mass is 9.97. The largest absolute Gasteiger partial charge is 0.497 e. The number of nitrogens with one attached hydrogen (secondary N) is 1. The molecule has 0 spiro atoms. The van der Waals surface area contributed by atoms with Gasteiger partial charge in [-0.05, 0) is 59.3 Å². The molecule has 3 rings (SSSR count). The van der Waals surface area contributed by atoms with Gasteiger partial charge < -0.3 is 10.1 Å². The van der Waals surface area contributed by atoms with Crippen molar-refractivity contribution < 1.29 is 4.74 Å². The molecule has 2 aromatic carbocycles. The summed E-state index contributed by atoms with van der Waals surface area (Å²) < 4.78 is 5.29. The van der Waals surface area contributed by atoms with Gasteiger partial charge in [0.15, 0.2) is 0 Å². The van der Waals surface area contributed by atoms with E-state index in [9.17, 15) is 0 Å². The van der Waals surface area contributed by atoms with Crippen LogP contribution in [-0.2, 0) is 0 Å². The van der Waals surface area contributed by atoms with Crippen molar-refractivity contribution in [1.29, 1.82) is 0 Å². The van der Waals surface area contributed by atoms with Gasteiger partial charge in [0.25, 0.3) is 0 Å². The molecule has 1 fully saturated rings. The second-order valence-corrected chi connectivity index (χ2v) is 5.88. The first-order valence-corrected chi connectivity index (χ1v) is 7.54. The van der Waals surface area contributed by atoms with Gasteiger partial charge in [0, 0.05) is 6.04 Å². The van der Waals surface area contributed by atoms with E-state index in [1.807, 2.05) is 6.07 Å². The van der Waals surface area contributed by atoms with Crippen LogP contribution in [0.2, 0.25) is 0 Å². The van der Waals surface area contributed by atoms with E-state index >= 15 is 0 Å². The maximum Gasteiger partial charge on any atom is 0.119 e. The smallest absolute Gasteiger partial charge is 0.119 e. The minimum Gasteiger partial charge on any atom is -0.497 e. The highest BCUT2D eigenvalue weighted by molar-refractivity contribution is 5.84. The van der Waals surface area contributed by atoms with E-state index in [0.717, 1.165) is 24.1 Å². The van der Waals surface area contributed by atoms with Gasteiger partial charge >= 0.3 is 0 Å². The average Bonchev–Trinajstić information content (AvgIpc) is 3.20. The summed E-state index contributed by atoms with van der Waals surface area (Å²) in [6.07, 6.45) is 1.35. The molecule has 0 aromatic heterocycles. The van der Waals surface area contributed by atoms with Crippen LogP contribution >= 0.6 is 0 Å². The zero-order chi connectivity index (χ0) is 14.1. The number of methoxy groups -OCH3 is 1. The summed E-state index contributed by atoms with van der Waals surface area (Å²) in [6, 6.07) is 13.6. The summed E-state index contributed by atoms with van der Waals surface area (Å²) in [4.78, 5) is 0. The first-order valence-electron chi connectivity index (χ1n) is 7.54. The van der Waals surface area contributed by atoms with Crippen molar-refractivity contribution in [2.24, 2.45) is 11.8 Å². The van der Waals surface area contributed by atoms with Crippen LogP contribution in [0.3, 0.4) is 0 Å². The van der Waals surface area contributed by atoms with Crippen molar-refractivity contribution in [3.63, 3.8) is 0 Å². The number of hydrogen-bond donors (Lipinski definition) is 1. The Labute approximate surface area is 121 Å². The van der Waals surface area contributed by atoms with Crippen LogP contribution in [0.1, 0.15) is 31.9 Å². The normalized spacial score (nSPS) is 22.8. The third-order valence-corrected chi connectivity index (χ3v) is 4.45. The molecule has 2 aromatic rings. The monoisotopic (exact) mass is 269 g/mol. The van der Waals surface area contributed by atoms with Gasteiger partial charge in [0.2, 0.25) is 0 Å². The van der Waals surface area contributed by atoms with Gasteiger partial charge in [-0.25, -0.2) is 0 Å². The molecule has 3 atom stereocenters. The Morgan fingerprint density at radius 1 is 1.20 bits per heavy atom. The standard InChI is InChI=1S/C18H23NO/c1-4-19-18(17-9-12(17)2)15-6-5-14-11-16(20-3)8-7-13(14)10-15/h5-8,10-12,17-19H,4,9H2,1-3H3. The van der Waals surface area contributed by atoms with Gasteiger partial charge in [-0.2, -0.15) is 0 Å². The van der Waals surface area contributed by atoms with Crippen molar-refractivity contribution >= 4 is 10.8 Å². The summed E-state index contributed by atoms with van der Waals surface area (Å²) in [6.45, 7) is 5.56. The molecule has 2 heteroatoms. The Hall–Kier alpha value is -1.54. The molecule has 1 N–H and O–H groups in total. The fourth-order valence-electron chi connectivity index (χ4n) is 3.11. The van der Waals surface area contributed by atoms with Crippen molar-refractivity contribution in [3.8, 4) is 5.75 Å². The maximum atomic E-state index is 5.29. The highest BCUT2D eigenvalue weighted by Gasteiger charge is 2.39. The van der Waals surface area contributed by atoms with E-state index < -0.39 is 0 Å². The summed E-state index contributed by atoms with van der Waals surface area (Å²) in [5.74, 6) is 2.57. The van der Waals surface area contributed by atoms with E-state index in [-0.39, 0.29) is 0 Å². The average molecular weight is 269 g/mol. The zero-order valence-corrected chi connectivity index (χ0v) is 12.5. The SMILES string of the molecule is CCNC(c1ccc2cc(OC)ccc2c1)C1CC1C. The molecule has 0 radical (unpaired) electrons. The summed E-state index contributed by atoms with van der Waals surface area (Å²) in [5.41, 5.74) is 1.42. The maximum absolute atomic E-state index is 5.29. The van der Waals surface area contributed by atoms with Crippen LogP contribution in [0.4, 0.5) is 0 Å². The van der Waals surface area contributed by atoms with Crippen LogP contribution in [0.5, 0.6) is 5.75 Å². The molecule has 1 saturated carbocycles. The lowest BCUT2D eigenvalue weighted by Crippen LogP contribution is -2.23. The molecule has 20 heavy (non-hydrogen) atoms. The molecule has 0 saturated heterocycles. The predicted molar refractivity (Wildman–Crippen MR) is 84.2 cm³/mol. The van der Waals surface area contributed by atoms with Crippen LogP contribution in [0.25, 0.3) is 10.8 Å². The number of fused-ring (bicyclic) bond motifs is 1. The summed E-state index contributed by atoms with van der Waals surface area (Å²) in [5, 5.41) is 6.19. The van der Waals surface area contributed by atoms with Crippen LogP contribution in [0, 0.1) is 11.8 Å². The Kier molecular flexibility index (Phi) is 3.66. The molecule has 0 aliphatic heterocycles. The molecular formula is C18H23NO. The lowest BCUT2D eigenvalue weighted by molar-refractivity contribution is 0.415. The topological polar surface area (TPSA) is 21.3 Å². The third kappa shape index (κ3) is 2.53. The Morgan fingerprint density at radius 2 is 1.90 bits per heavy atom. The Balaban J connectivity index is 1.94. The lowest BCUT2D eigenvalue weighted by Gasteiger charge is -2.19. The van der Waals surface area contributed by atoms with E-state index in [2.05, 4.69) is 49.5 Å². The first kappa shape index (κ1) is 13.4. The second kappa shape index (κ2) is 5.45. The van der Waals surface area contributed by atoms with Gasteiger partial charge in [-0.15, -0.1) is 0 Å². The number of rotatable bonds is 5. The molecule has 0 amide bonds. The van der Waals surface area contributed by atoms with Gasteiger partial charge in [0.05, 0.1) is 7.11 Å². The van der Waals surface area contributed by atoms with Crippen LogP contribution in [-0.4, -0.2) is 13.7 Å². The molecule has 106 valence electrons. The van der Waals surface area contributed by atoms with Crippen molar-refractivity contribution in [2.45, 2.75) is 26.3 Å². The van der Waals surface area contributed by atoms with E-state index in [1.54, 1.807) is 7.11 Å². The van der Waals surface area contributed by atoms with Crippen molar-refractivity contribution in [1.82, 2.24) is 5.32 Å². The third-order valence-electron chi connectivity index (χ3n) is 4.45. The minimum atomic E-state index is 0.501. The molecule has 2 nitrogen and oxygen atoms in total. The van der Waals surface area contributed by atoms with E-state index in [0.29, 0.717) is 6.04 Å².